The van der Waals surface area contributed by atoms with E-state index in [1.165, 1.54) is 17.7 Å². The largest absolute Gasteiger partial charge is 0.344 e. The first kappa shape index (κ1) is 10.7. The van der Waals surface area contributed by atoms with Crippen molar-refractivity contribution in [1.82, 2.24) is 6.15 Å². The molecule has 0 saturated carbocycles. The van der Waals surface area contributed by atoms with Crippen LogP contribution in [0.25, 0.3) is 0 Å². The maximum Gasteiger partial charge on any atom is 0.00453 e. The molecule has 0 spiro atoms. The highest BCUT2D eigenvalue weighted by atomic mass is 32.1. The van der Waals surface area contributed by atoms with Crippen LogP contribution in [0.4, 0.5) is 0 Å². The number of aryl methyl sites for hydroxylation is 1. The molecule has 1 aromatic heterocycles. The van der Waals surface area contributed by atoms with Gasteiger partial charge in [-0.05, 0) is 30.2 Å². The Morgan fingerprint density at radius 1 is 1.45 bits per heavy atom. The van der Waals surface area contributed by atoms with E-state index in [9.17, 15) is 0 Å². The smallest absolute Gasteiger partial charge is 0.00453 e. The standard InChI is InChI=1S/C9H14S.H3N/c1-8(2)5-6-9-4-3-7-10-9;/h3-4,7-8H,5-6H2,1-2H3;1H3. The molecule has 0 aliphatic carbocycles. The number of hydrogen-bond donors (Lipinski definition) is 1. The van der Waals surface area contributed by atoms with E-state index in [0.717, 1.165) is 5.92 Å². The van der Waals surface area contributed by atoms with Gasteiger partial charge >= 0.3 is 0 Å². The van der Waals surface area contributed by atoms with Crippen LogP contribution in [0.1, 0.15) is 25.1 Å². The van der Waals surface area contributed by atoms with E-state index < -0.39 is 0 Å². The van der Waals surface area contributed by atoms with E-state index in [2.05, 4.69) is 31.4 Å². The molecular formula is C9H17NS. The lowest BCUT2D eigenvalue weighted by Gasteiger charge is -2.00. The fraction of sp³-hybridized carbons (Fsp3) is 0.556. The maximum absolute atomic E-state index is 2.27. The molecular weight excluding hydrogens is 154 g/mol. The van der Waals surface area contributed by atoms with Crippen LogP contribution in [-0.2, 0) is 6.42 Å². The second kappa shape index (κ2) is 5.33. The summed E-state index contributed by atoms with van der Waals surface area (Å²) in [7, 11) is 0. The second-order valence-corrected chi connectivity index (χ2v) is 4.04. The van der Waals surface area contributed by atoms with Gasteiger partial charge < -0.3 is 6.15 Å². The summed E-state index contributed by atoms with van der Waals surface area (Å²) in [5.74, 6) is 0.835. The van der Waals surface area contributed by atoms with Crippen molar-refractivity contribution in [2.75, 3.05) is 0 Å². The van der Waals surface area contributed by atoms with Crippen molar-refractivity contribution >= 4 is 11.3 Å². The van der Waals surface area contributed by atoms with Gasteiger partial charge in [-0.2, -0.15) is 0 Å². The third kappa shape index (κ3) is 4.17. The topological polar surface area (TPSA) is 35.0 Å². The van der Waals surface area contributed by atoms with Crippen molar-refractivity contribution in [3.05, 3.63) is 22.4 Å². The Kier molecular flexibility index (Phi) is 5.16. The van der Waals surface area contributed by atoms with Crippen molar-refractivity contribution in [3.8, 4) is 0 Å². The normalized spacial score (nSPS) is 9.73. The zero-order valence-corrected chi connectivity index (χ0v) is 8.16. The quantitative estimate of drug-likeness (QED) is 0.742. The van der Waals surface area contributed by atoms with Crippen molar-refractivity contribution < 1.29 is 0 Å². The molecule has 1 heterocycles. The summed E-state index contributed by atoms with van der Waals surface area (Å²) in [6.45, 7) is 4.54. The van der Waals surface area contributed by atoms with Gasteiger partial charge in [0.1, 0.15) is 0 Å². The highest BCUT2D eigenvalue weighted by Crippen LogP contribution is 2.13. The first-order valence-corrected chi connectivity index (χ1v) is 4.69. The Labute approximate surface area is 73.0 Å². The van der Waals surface area contributed by atoms with E-state index >= 15 is 0 Å². The first-order chi connectivity index (χ1) is 4.79. The fourth-order valence-electron chi connectivity index (χ4n) is 0.886. The Hall–Kier alpha value is -0.340. The highest BCUT2D eigenvalue weighted by Gasteiger charge is 1.95. The SMILES string of the molecule is CC(C)CCc1cccs1.N. The minimum atomic E-state index is 0. The lowest BCUT2D eigenvalue weighted by Crippen LogP contribution is -1.88. The molecule has 0 atom stereocenters. The zero-order valence-electron chi connectivity index (χ0n) is 7.34. The van der Waals surface area contributed by atoms with Crippen LogP contribution in [0, 0.1) is 5.92 Å². The van der Waals surface area contributed by atoms with Crippen LogP contribution < -0.4 is 6.15 Å². The number of hydrogen-bond acceptors (Lipinski definition) is 2. The average Bonchev–Trinajstić information content (AvgIpc) is 2.34. The highest BCUT2D eigenvalue weighted by molar-refractivity contribution is 7.09. The van der Waals surface area contributed by atoms with E-state index in [1.807, 2.05) is 11.3 Å². The van der Waals surface area contributed by atoms with Crippen LogP contribution in [0.15, 0.2) is 17.5 Å². The van der Waals surface area contributed by atoms with Crippen molar-refractivity contribution in [2.45, 2.75) is 26.7 Å². The molecule has 64 valence electrons. The fourth-order valence-corrected chi connectivity index (χ4v) is 1.61. The Morgan fingerprint density at radius 2 is 2.18 bits per heavy atom. The Bertz CT molecular complexity index is 168. The first-order valence-electron chi connectivity index (χ1n) is 3.81. The molecule has 1 aromatic rings. The van der Waals surface area contributed by atoms with Crippen molar-refractivity contribution in [1.29, 1.82) is 0 Å². The zero-order chi connectivity index (χ0) is 7.40. The molecule has 0 aromatic carbocycles. The summed E-state index contributed by atoms with van der Waals surface area (Å²) in [5.41, 5.74) is 0. The monoisotopic (exact) mass is 171 g/mol. The summed E-state index contributed by atoms with van der Waals surface area (Å²) in [6, 6.07) is 4.34. The molecule has 0 saturated heterocycles. The van der Waals surface area contributed by atoms with Gasteiger partial charge in [-0.3, -0.25) is 0 Å². The Balaban J connectivity index is 0.000001000. The third-order valence-electron chi connectivity index (χ3n) is 1.55. The van der Waals surface area contributed by atoms with Crippen LogP contribution >= 0.6 is 11.3 Å². The number of thiophene rings is 1. The molecule has 0 aliphatic heterocycles. The van der Waals surface area contributed by atoms with Gasteiger partial charge in [0.2, 0.25) is 0 Å². The van der Waals surface area contributed by atoms with Gasteiger partial charge in [-0.15, -0.1) is 11.3 Å². The molecule has 0 amide bonds. The average molecular weight is 171 g/mol. The van der Waals surface area contributed by atoms with Gasteiger partial charge in [0.15, 0.2) is 0 Å². The predicted octanol–water partition coefficient (Wildman–Crippen LogP) is 3.50. The third-order valence-corrected chi connectivity index (χ3v) is 2.48. The molecule has 0 aliphatic rings. The summed E-state index contributed by atoms with van der Waals surface area (Å²) in [6.07, 6.45) is 2.58. The lowest BCUT2D eigenvalue weighted by molar-refractivity contribution is 0.590. The van der Waals surface area contributed by atoms with E-state index in [4.69, 9.17) is 0 Å². The minimum Gasteiger partial charge on any atom is -0.344 e. The summed E-state index contributed by atoms with van der Waals surface area (Å²) in [5, 5.41) is 2.15. The van der Waals surface area contributed by atoms with E-state index in [1.54, 1.807) is 0 Å². The van der Waals surface area contributed by atoms with Gasteiger partial charge in [0, 0.05) is 4.88 Å². The Morgan fingerprint density at radius 3 is 2.64 bits per heavy atom. The van der Waals surface area contributed by atoms with E-state index in [0.29, 0.717) is 0 Å². The van der Waals surface area contributed by atoms with Crippen LogP contribution in [-0.4, -0.2) is 0 Å². The van der Waals surface area contributed by atoms with Crippen molar-refractivity contribution in [2.24, 2.45) is 5.92 Å². The molecule has 0 unspecified atom stereocenters. The summed E-state index contributed by atoms with van der Waals surface area (Å²) >= 11 is 1.86. The number of rotatable bonds is 3. The maximum atomic E-state index is 2.27. The molecule has 0 bridgehead atoms. The molecule has 0 fully saturated rings. The molecule has 11 heavy (non-hydrogen) atoms. The minimum absolute atomic E-state index is 0. The van der Waals surface area contributed by atoms with Gasteiger partial charge in [-0.1, -0.05) is 19.9 Å². The van der Waals surface area contributed by atoms with Gasteiger partial charge in [0.25, 0.3) is 0 Å². The van der Waals surface area contributed by atoms with E-state index in [-0.39, 0.29) is 6.15 Å². The molecule has 0 radical (unpaired) electrons. The molecule has 1 rings (SSSR count). The van der Waals surface area contributed by atoms with Gasteiger partial charge in [-0.25, -0.2) is 0 Å². The van der Waals surface area contributed by atoms with Crippen LogP contribution in [0.3, 0.4) is 0 Å². The molecule has 3 N–H and O–H groups in total. The predicted molar refractivity (Wildman–Crippen MR) is 52.5 cm³/mol. The molecule has 1 nitrogen and oxygen atoms in total. The summed E-state index contributed by atoms with van der Waals surface area (Å²) < 4.78 is 0. The van der Waals surface area contributed by atoms with Gasteiger partial charge in [0.05, 0.1) is 0 Å². The van der Waals surface area contributed by atoms with Crippen molar-refractivity contribution in [3.63, 3.8) is 0 Å². The second-order valence-electron chi connectivity index (χ2n) is 3.01. The lowest BCUT2D eigenvalue weighted by atomic mass is 10.1. The molecule has 2 heteroatoms. The van der Waals surface area contributed by atoms with Crippen LogP contribution in [0.5, 0.6) is 0 Å². The van der Waals surface area contributed by atoms with Crippen LogP contribution in [0.2, 0.25) is 0 Å². The summed E-state index contributed by atoms with van der Waals surface area (Å²) in [4.78, 5) is 1.52.